The van der Waals surface area contributed by atoms with Gasteiger partial charge in [0.25, 0.3) is 0 Å². The molecule has 0 aliphatic heterocycles. The Morgan fingerprint density at radius 1 is 1.14 bits per heavy atom. The molecule has 0 radical (unpaired) electrons. The second-order valence-corrected chi connectivity index (χ2v) is 7.52. The molecule has 0 fully saturated rings. The van der Waals surface area contributed by atoms with Crippen molar-refractivity contribution >= 4 is 27.2 Å². The van der Waals surface area contributed by atoms with Crippen LogP contribution in [0.15, 0.2) is 45.8 Å². The van der Waals surface area contributed by atoms with E-state index >= 15 is 0 Å². The molecular formula is C15H15NO3S2. The van der Waals surface area contributed by atoms with Crippen LogP contribution in [0, 0.1) is 6.92 Å². The highest BCUT2D eigenvalue weighted by Crippen LogP contribution is 2.27. The summed E-state index contributed by atoms with van der Waals surface area (Å²) in [6, 6.07) is 8.51. The number of nitrogens with zero attached hydrogens (tertiary/aromatic N) is 1. The third kappa shape index (κ3) is 3.01. The molecule has 21 heavy (non-hydrogen) atoms. The van der Waals surface area contributed by atoms with Gasteiger partial charge in [0.1, 0.15) is 4.90 Å². The van der Waals surface area contributed by atoms with Crippen LogP contribution in [0.4, 0.5) is 0 Å². The van der Waals surface area contributed by atoms with Gasteiger partial charge in [-0.3, -0.25) is 4.28 Å². The van der Waals surface area contributed by atoms with Crippen LogP contribution in [0.25, 0.3) is 0 Å². The number of hydrogen-bond donors (Lipinski definition) is 0. The van der Waals surface area contributed by atoms with Gasteiger partial charge in [0, 0.05) is 10.4 Å². The number of fused-ring (bicyclic) bond motifs is 1. The first-order valence-electron chi connectivity index (χ1n) is 6.70. The molecule has 0 amide bonds. The summed E-state index contributed by atoms with van der Waals surface area (Å²) in [5.41, 5.74) is 2.73. The van der Waals surface area contributed by atoms with Crippen molar-refractivity contribution in [2.45, 2.75) is 31.1 Å². The molecule has 1 aliphatic rings. The van der Waals surface area contributed by atoms with E-state index in [1.165, 1.54) is 17.0 Å². The molecule has 0 saturated heterocycles. The van der Waals surface area contributed by atoms with Crippen molar-refractivity contribution in [3.05, 3.63) is 51.7 Å². The van der Waals surface area contributed by atoms with E-state index in [0.29, 0.717) is 5.71 Å². The molecule has 6 heteroatoms. The maximum atomic E-state index is 12.1. The van der Waals surface area contributed by atoms with Gasteiger partial charge in [0.05, 0.1) is 5.71 Å². The van der Waals surface area contributed by atoms with Crippen molar-refractivity contribution in [3.8, 4) is 0 Å². The van der Waals surface area contributed by atoms with Gasteiger partial charge in [-0.05, 0) is 49.8 Å². The largest absolute Gasteiger partial charge is 0.358 e. The van der Waals surface area contributed by atoms with Gasteiger partial charge in [0.15, 0.2) is 0 Å². The van der Waals surface area contributed by atoms with Gasteiger partial charge in [-0.25, -0.2) is 0 Å². The number of aryl methyl sites for hydroxylation is 2. The standard InChI is InChI=1S/C15H15NO3S2/c1-11-5-7-12(8-6-11)21(17,18)19-16-14-3-2-4-15-13(14)9-10-20-15/h5-10H,2-4H2,1H3/b16-14-. The Balaban J connectivity index is 1.85. The van der Waals surface area contributed by atoms with Crippen LogP contribution in [0.1, 0.15) is 28.8 Å². The molecule has 1 aromatic heterocycles. The molecule has 0 unspecified atom stereocenters. The first kappa shape index (κ1) is 14.3. The van der Waals surface area contributed by atoms with Crippen molar-refractivity contribution in [1.82, 2.24) is 0 Å². The molecule has 4 nitrogen and oxygen atoms in total. The molecule has 3 rings (SSSR count). The van der Waals surface area contributed by atoms with Crippen molar-refractivity contribution in [3.63, 3.8) is 0 Å². The fourth-order valence-electron chi connectivity index (χ4n) is 2.28. The maximum Gasteiger partial charge on any atom is 0.358 e. The average Bonchev–Trinajstić information content (AvgIpc) is 2.94. The Morgan fingerprint density at radius 2 is 1.90 bits per heavy atom. The highest BCUT2D eigenvalue weighted by Gasteiger charge is 2.20. The Kier molecular flexibility index (Phi) is 3.82. The van der Waals surface area contributed by atoms with Crippen molar-refractivity contribution in [2.75, 3.05) is 0 Å². The van der Waals surface area contributed by atoms with Crippen LogP contribution in [-0.2, 0) is 20.8 Å². The topological polar surface area (TPSA) is 55.7 Å². The zero-order valence-electron chi connectivity index (χ0n) is 11.6. The number of oxime groups is 1. The molecular weight excluding hydrogens is 306 g/mol. The van der Waals surface area contributed by atoms with E-state index in [9.17, 15) is 8.42 Å². The SMILES string of the molecule is Cc1ccc(S(=O)(=O)O/N=C2/CCCc3sccc32)cc1. The van der Waals surface area contributed by atoms with Crippen LogP contribution < -0.4 is 0 Å². The lowest BCUT2D eigenvalue weighted by Crippen LogP contribution is -2.11. The fourth-order valence-corrected chi connectivity index (χ4v) is 3.97. The smallest absolute Gasteiger partial charge is 0.264 e. The second-order valence-electron chi connectivity index (χ2n) is 4.99. The lowest BCUT2D eigenvalue weighted by atomic mass is 9.97. The highest BCUT2D eigenvalue weighted by atomic mass is 32.2. The van der Waals surface area contributed by atoms with Gasteiger partial charge < -0.3 is 0 Å². The lowest BCUT2D eigenvalue weighted by molar-refractivity contribution is 0.337. The average molecular weight is 321 g/mol. The molecule has 0 N–H and O–H groups in total. The fraction of sp³-hybridized carbons (Fsp3) is 0.267. The van der Waals surface area contributed by atoms with Crippen LogP contribution in [-0.4, -0.2) is 14.1 Å². The Hall–Kier alpha value is -1.66. The van der Waals surface area contributed by atoms with Gasteiger partial charge in [0.2, 0.25) is 0 Å². The van der Waals surface area contributed by atoms with Crippen molar-refractivity contribution in [1.29, 1.82) is 0 Å². The van der Waals surface area contributed by atoms with Crippen LogP contribution in [0.3, 0.4) is 0 Å². The summed E-state index contributed by atoms with van der Waals surface area (Å²) in [6.45, 7) is 1.90. The van der Waals surface area contributed by atoms with E-state index in [1.807, 2.05) is 18.4 Å². The van der Waals surface area contributed by atoms with Crippen LogP contribution in [0.5, 0.6) is 0 Å². The van der Waals surface area contributed by atoms with Crippen molar-refractivity contribution in [2.24, 2.45) is 5.16 Å². The molecule has 1 aromatic carbocycles. The number of thiophene rings is 1. The Morgan fingerprint density at radius 3 is 2.67 bits per heavy atom. The maximum absolute atomic E-state index is 12.1. The molecule has 110 valence electrons. The first-order valence-corrected chi connectivity index (χ1v) is 8.99. The highest BCUT2D eigenvalue weighted by molar-refractivity contribution is 7.86. The molecule has 1 aliphatic carbocycles. The van der Waals surface area contributed by atoms with E-state index in [2.05, 4.69) is 5.16 Å². The van der Waals surface area contributed by atoms with E-state index < -0.39 is 10.1 Å². The third-order valence-corrected chi connectivity index (χ3v) is 5.53. The normalized spacial score (nSPS) is 16.7. The minimum absolute atomic E-state index is 0.124. The summed E-state index contributed by atoms with van der Waals surface area (Å²) < 4.78 is 29.1. The summed E-state index contributed by atoms with van der Waals surface area (Å²) in [5.74, 6) is 0. The van der Waals surface area contributed by atoms with Gasteiger partial charge in [-0.15, -0.1) is 11.3 Å². The van der Waals surface area contributed by atoms with Crippen LogP contribution >= 0.6 is 11.3 Å². The zero-order chi connectivity index (χ0) is 14.9. The monoisotopic (exact) mass is 321 g/mol. The molecule has 1 heterocycles. The molecule has 2 aromatic rings. The van der Waals surface area contributed by atoms with E-state index in [-0.39, 0.29) is 4.90 Å². The lowest BCUT2D eigenvalue weighted by Gasteiger charge is -2.12. The third-order valence-electron chi connectivity index (χ3n) is 3.43. The molecule has 0 atom stereocenters. The number of benzene rings is 1. The summed E-state index contributed by atoms with van der Waals surface area (Å²) in [7, 11) is -3.85. The zero-order valence-corrected chi connectivity index (χ0v) is 13.2. The Bertz CT molecular complexity index is 774. The molecule has 0 spiro atoms. The van der Waals surface area contributed by atoms with Crippen LogP contribution in [0.2, 0.25) is 0 Å². The molecule has 0 saturated carbocycles. The minimum Gasteiger partial charge on any atom is -0.264 e. The van der Waals surface area contributed by atoms with Gasteiger partial charge in [-0.1, -0.05) is 22.9 Å². The van der Waals surface area contributed by atoms with E-state index in [0.717, 1.165) is 30.4 Å². The second kappa shape index (κ2) is 5.61. The van der Waals surface area contributed by atoms with E-state index in [4.69, 9.17) is 4.28 Å². The summed E-state index contributed by atoms with van der Waals surface area (Å²) in [5, 5.41) is 5.90. The number of rotatable bonds is 3. The summed E-state index contributed by atoms with van der Waals surface area (Å²) >= 11 is 1.67. The van der Waals surface area contributed by atoms with E-state index in [1.54, 1.807) is 23.5 Å². The Labute approximate surface area is 128 Å². The minimum atomic E-state index is -3.85. The molecule has 0 bridgehead atoms. The van der Waals surface area contributed by atoms with Crippen molar-refractivity contribution < 1.29 is 12.7 Å². The van der Waals surface area contributed by atoms with Gasteiger partial charge in [-0.2, -0.15) is 8.42 Å². The predicted octanol–water partition coefficient (Wildman–Crippen LogP) is 3.50. The summed E-state index contributed by atoms with van der Waals surface area (Å²) in [6.07, 6.45) is 2.74. The predicted molar refractivity (Wildman–Crippen MR) is 83.2 cm³/mol. The first-order chi connectivity index (χ1) is 10.1. The summed E-state index contributed by atoms with van der Waals surface area (Å²) in [4.78, 5) is 1.37. The van der Waals surface area contributed by atoms with Gasteiger partial charge >= 0.3 is 10.1 Å². The number of hydrogen-bond acceptors (Lipinski definition) is 5. The quantitative estimate of drug-likeness (QED) is 0.813.